The summed E-state index contributed by atoms with van der Waals surface area (Å²) in [5, 5.41) is 0. The van der Waals surface area contributed by atoms with E-state index in [4.69, 9.17) is 18.9 Å². The second-order valence-electron chi connectivity index (χ2n) is 7.01. The van der Waals surface area contributed by atoms with Crippen molar-refractivity contribution in [3.8, 4) is 11.5 Å². The van der Waals surface area contributed by atoms with Crippen LogP contribution in [0.5, 0.6) is 11.5 Å². The van der Waals surface area contributed by atoms with Gasteiger partial charge in [0, 0.05) is 24.6 Å². The number of hydrogen-bond donors (Lipinski definition) is 0. The van der Waals surface area contributed by atoms with Crippen LogP contribution in [0.2, 0.25) is 0 Å². The molecule has 0 bridgehead atoms. The quantitative estimate of drug-likeness (QED) is 0.786. The molecule has 1 aromatic carbocycles. The fourth-order valence-corrected chi connectivity index (χ4v) is 3.69. The third kappa shape index (κ3) is 3.19. The summed E-state index contributed by atoms with van der Waals surface area (Å²) in [5.74, 6) is 1.56. The standard InChI is InChI=1S/C18H24N2O5/c1-19(2)5-6-23-17-8-20(14-10-22-9-13(14)17)18(21)12-3-4-15-16(7-12)25-11-24-15/h3-4,7,13-14,17H,5-6,8-11H2,1-2H3/t13-,14+,17-/m0/s1. The molecule has 0 spiro atoms. The van der Waals surface area contributed by atoms with Gasteiger partial charge in [0.15, 0.2) is 11.5 Å². The number of rotatable bonds is 5. The monoisotopic (exact) mass is 348 g/mol. The Bertz CT molecular complexity index is 650. The van der Waals surface area contributed by atoms with Crippen LogP contribution in [0.3, 0.4) is 0 Å². The van der Waals surface area contributed by atoms with Crippen molar-refractivity contribution < 1.29 is 23.7 Å². The summed E-state index contributed by atoms with van der Waals surface area (Å²) in [6.45, 7) is 3.57. The number of carbonyl (C=O) groups excluding carboxylic acids is 1. The largest absolute Gasteiger partial charge is 0.454 e. The van der Waals surface area contributed by atoms with Crippen molar-refractivity contribution in [3.05, 3.63) is 23.8 Å². The molecule has 0 saturated carbocycles. The molecule has 1 aromatic rings. The van der Waals surface area contributed by atoms with E-state index in [0.717, 1.165) is 6.54 Å². The van der Waals surface area contributed by atoms with E-state index in [-0.39, 0.29) is 30.8 Å². The zero-order valence-corrected chi connectivity index (χ0v) is 14.6. The number of ether oxygens (including phenoxy) is 4. The number of nitrogens with zero attached hydrogens (tertiary/aromatic N) is 2. The second kappa shape index (κ2) is 6.82. The highest BCUT2D eigenvalue weighted by Gasteiger charge is 2.48. The average molecular weight is 348 g/mol. The molecule has 0 aromatic heterocycles. The van der Waals surface area contributed by atoms with Gasteiger partial charge in [-0.05, 0) is 32.3 Å². The molecule has 3 aliphatic heterocycles. The third-order valence-electron chi connectivity index (χ3n) is 5.10. The minimum atomic E-state index is -0.00231. The molecule has 7 heteroatoms. The van der Waals surface area contributed by atoms with Crippen LogP contribution in [0.1, 0.15) is 10.4 Å². The normalized spacial score (nSPS) is 27.2. The Morgan fingerprint density at radius 3 is 2.96 bits per heavy atom. The van der Waals surface area contributed by atoms with Gasteiger partial charge in [0.25, 0.3) is 5.91 Å². The molecule has 2 fully saturated rings. The predicted molar refractivity (Wildman–Crippen MR) is 90.0 cm³/mol. The molecule has 3 heterocycles. The molecule has 0 aliphatic carbocycles. The van der Waals surface area contributed by atoms with Crippen LogP contribution in [0.25, 0.3) is 0 Å². The highest BCUT2D eigenvalue weighted by Crippen LogP contribution is 2.36. The van der Waals surface area contributed by atoms with Crippen molar-refractivity contribution in [1.29, 1.82) is 0 Å². The lowest BCUT2D eigenvalue weighted by Crippen LogP contribution is -2.38. The van der Waals surface area contributed by atoms with Crippen LogP contribution in [0.4, 0.5) is 0 Å². The maximum absolute atomic E-state index is 13.0. The van der Waals surface area contributed by atoms with Crippen molar-refractivity contribution in [2.75, 3.05) is 53.8 Å². The molecule has 3 atom stereocenters. The number of carbonyl (C=O) groups is 1. The Balaban J connectivity index is 1.47. The van der Waals surface area contributed by atoms with Gasteiger partial charge in [-0.15, -0.1) is 0 Å². The lowest BCUT2D eigenvalue weighted by Gasteiger charge is -2.22. The average Bonchev–Trinajstić information content (AvgIpc) is 3.30. The summed E-state index contributed by atoms with van der Waals surface area (Å²) in [6, 6.07) is 5.43. The number of benzene rings is 1. The fourth-order valence-electron chi connectivity index (χ4n) is 3.69. The topological polar surface area (TPSA) is 60.5 Å². The van der Waals surface area contributed by atoms with Crippen LogP contribution >= 0.6 is 0 Å². The molecular formula is C18H24N2O5. The Morgan fingerprint density at radius 1 is 1.28 bits per heavy atom. The maximum Gasteiger partial charge on any atom is 0.254 e. The smallest absolute Gasteiger partial charge is 0.254 e. The number of amides is 1. The molecular weight excluding hydrogens is 324 g/mol. The summed E-state index contributed by atoms with van der Waals surface area (Å²) in [7, 11) is 4.05. The lowest BCUT2D eigenvalue weighted by atomic mass is 10.0. The van der Waals surface area contributed by atoms with Gasteiger partial charge in [-0.25, -0.2) is 0 Å². The van der Waals surface area contributed by atoms with Crippen molar-refractivity contribution in [2.24, 2.45) is 5.92 Å². The molecule has 25 heavy (non-hydrogen) atoms. The van der Waals surface area contributed by atoms with Gasteiger partial charge in [-0.1, -0.05) is 0 Å². The van der Waals surface area contributed by atoms with Crippen molar-refractivity contribution >= 4 is 5.91 Å². The van der Waals surface area contributed by atoms with Gasteiger partial charge >= 0.3 is 0 Å². The first-order chi connectivity index (χ1) is 12.1. The molecule has 0 unspecified atom stereocenters. The van der Waals surface area contributed by atoms with E-state index < -0.39 is 0 Å². The van der Waals surface area contributed by atoms with E-state index >= 15 is 0 Å². The second-order valence-corrected chi connectivity index (χ2v) is 7.01. The molecule has 2 saturated heterocycles. The van der Waals surface area contributed by atoms with Crippen molar-refractivity contribution in [1.82, 2.24) is 9.80 Å². The molecule has 3 aliphatic rings. The highest BCUT2D eigenvalue weighted by atomic mass is 16.7. The van der Waals surface area contributed by atoms with Gasteiger partial charge in [-0.2, -0.15) is 0 Å². The summed E-state index contributed by atoms with van der Waals surface area (Å²) < 4.78 is 22.4. The summed E-state index contributed by atoms with van der Waals surface area (Å²) in [6.07, 6.45) is 0.0328. The van der Waals surface area contributed by atoms with Gasteiger partial charge < -0.3 is 28.7 Å². The first kappa shape index (κ1) is 16.6. The first-order valence-corrected chi connectivity index (χ1v) is 8.68. The van der Waals surface area contributed by atoms with Gasteiger partial charge in [0.1, 0.15) is 0 Å². The maximum atomic E-state index is 13.0. The van der Waals surface area contributed by atoms with Crippen LogP contribution < -0.4 is 9.47 Å². The van der Waals surface area contributed by atoms with Crippen molar-refractivity contribution in [2.45, 2.75) is 12.1 Å². The summed E-state index contributed by atoms with van der Waals surface area (Å²) >= 11 is 0. The Kier molecular flexibility index (Phi) is 4.54. The lowest BCUT2D eigenvalue weighted by molar-refractivity contribution is 0.0136. The first-order valence-electron chi connectivity index (χ1n) is 8.68. The van der Waals surface area contributed by atoms with Crippen LogP contribution in [-0.2, 0) is 9.47 Å². The molecule has 0 radical (unpaired) electrons. The predicted octanol–water partition coefficient (Wildman–Crippen LogP) is 0.833. The van der Waals surface area contributed by atoms with Gasteiger partial charge in [0.05, 0.1) is 32.0 Å². The minimum absolute atomic E-state index is 0.00231. The SMILES string of the molecule is CN(C)CCO[C@H]1CN(C(=O)c2ccc3c(c2)OCO3)[C@@H]2COC[C@H]12. The Hall–Kier alpha value is -1.83. The highest BCUT2D eigenvalue weighted by molar-refractivity contribution is 5.95. The zero-order valence-electron chi connectivity index (χ0n) is 14.6. The number of likely N-dealkylation sites (N-methyl/N-ethyl adjacent to an activating group) is 1. The van der Waals surface area contributed by atoms with E-state index in [9.17, 15) is 4.79 Å². The molecule has 7 nitrogen and oxygen atoms in total. The van der Waals surface area contributed by atoms with Gasteiger partial charge in [-0.3, -0.25) is 4.79 Å². The molecule has 1 amide bonds. The van der Waals surface area contributed by atoms with E-state index in [0.29, 0.717) is 43.4 Å². The summed E-state index contributed by atoms with van der Waals surface area (Å²) in [5.41, 5.74) is 0.615. The Morgan fingerprint density at radius 2 is 2.12 bits per heavy atom. The van der Waals surface area contributed by atoms with Crippen LogP contribution in [0.15, 0.2) is 18.2 Å². The fraction of sp³-hybridized carbons (Fsp3) is 0.611. The number of likely N-dealkylation sites (tertiary alicyclic amines) is 1. The number of hydrogen-bond acceptors (Lipinski definition) is 6. The molecule has 0 N–H and O–H groups in total. The minimum Gasteiger partial charge on any atom is -0.454 e. The van der Waals surface area contributed by atoms with E-state index in [2.05, 4.69) is 4.90 Å². The number of fused-ring (bicyclic) bond motifs is 2. The third-order valence-corrected chi connectivity index (χ3v) is 5.10. The van der Waals surface area contributed by atoms with Crippen molar-refractivity contribution in [3.63, 3.8) is 0 Å². The van der Waals surface area contributed by atoms with Crippen LogP contribution in [0, 0.1) is 5.92 Å². The zero-order chi connectivity index (χ0) is 17.4. The molecule has 4 rings (SSSR count). The Labute approximate surface area is 147 Å². The van der Waals surface area contributed by atoms with Gasteiger partial charge in [0.2, 0.25) is 6.79 Å². The molecule has 136 valence electrons. The van der Waals surface area contributed by atoms with Crippen LogP contribution in [-0.4, -0.2) is 81.7 Å². The van der Waals surface area contributed by atoms with E-state index in [1.54, 1.807) is 18.2 Å². The van der Waals surface area contributed by atoms with E-state index in [1.165, 1.54) is 0 Å². The summed E-state index contributed by atoms with van der Waals surface area (Å²) in [4.78, 5) is 17.0. The van der Waals surface area contributed by atoms with E-state index in [1.807, 2.05) is 19.0 Å².